The highest BCUT2D eigenvalue weighted by Gasteiger charge is 2.04. The van der Waals surface area contributed by atoms with Gasteiger partial charge in [0.2, 0.25) is 0 Å². The van der Waals surface area contributed by atoms with Gasteiger partial charge in [-0.2, -0.15) is 0 Å². The first-order chi connectivity index (χ1) is 8.16. The number of amidine groups is 1. The average Bonchev–Trinajstić information content (AvgIpc) is 2.29. The predicted molar refractivity (Wildman–Crippen MR) is 65.4 cm³/mol. The first-order valence-electron chi connectivity index (χ1n) is 4.97. The summed E-state index contributed by atoms with van der Waals surface area (Å²) in [5, 5.41) is 0. The number of halogens is 1. The van der Waals surface area contributed by atoms with Crippen molar-refractivity contribution in [3.8, 4) is 0 Å². The number of nitrogens with two attached hydrogens (primary N) is 2. The minimum absolute atomic E-state index is 0.161. The molecule has 0 saturated heterocycles. The van der Waals surface area contributed by atoms with Gasteiger partial charge < -0.3 is 11.5 Å². The Morgan fingerprint density at radius 2 is 2.06 bits per heavy atom. The third-order valence-electron chi connectivity index (χ3n) is 2.14. The highest BCUT2D eigenvalue weighted by Crippen LogP contribution is 2.15. The monoisotopic (exact) mass is 230 g/mol. The van der Waals surface area contributed by atoms with Crippen LogP contribution >= 0.6 is 0 Å². The van der Waals surface area contributed by atoms with Crippen LogP contribution in [0.25, 0.3) is 0 Å². The number of aliphatic imine (C=N–C) groups is 1. The second-order valence-corrected chi connectivity index (χ2v) is 3.42. The molecule has 2 aromatic rings. The van der Waals surface area contributed by atoms with E-state index in [4.69, 9.17) is 11.5 Å². The zero-order valence-electron chi connectivity index (χ0n) is 8.97. The lowest BCUT2D eigenvalue weighted by Crippen LogP contribution is -2.16. The average molecular weight is 230 g/mol. The van der Waals surface area contributed by atoms with Crippen molar-refractivity contribution in [1.82, 2.24) is 4.98 Å². The lowest BCUT2D eigenvalue weighted by atomic mass is 10.2. The van der Waals surface area contributed by atoms with Crippen LogP contribution in [0.3, 0.4) is 0 Å². The van der Waals surface area contributed by atoms with Gasteiger partial charge in [0.05, 0.1) is 11.4 Å². The minimum Gasteiger partial charge on any atom is -0.397 e. The number of benzene rings is 1. The van der Waals surface area contributed by atoms with Crippen LogP contribution in [0, 0.1) is 5.82 Å². The van der Waals surface area contributed by atoms with Crippen LogP contribution in [0.5, 0.6) is 0 Å². The first-order valence-corrected chi connectivity index (χ1v) is 4.97. The topological polar surface area (TPSA) is 77.3 Å². The van der Waals surface area contributed by atoms with Gasteiger partial charge in [-0.3, -0.25) is 4.98 Å². The van der Waals surface area contributed by atoms with E-state index in [1.165, 1.54) is 12.1 Å². The number of aromatic nitrogens is 1. The highest BCUT2D eigenvalue weighted by atomic mass is 19.1. The molecule has 5 heteroatoms. The molecule has 0 bridgehead atoms. The van der Waals surface area contributed by atoms with Crippen LogP contribution in [0.2, 0.25) is 0 Å². The van der Waals surface area contributed by atoms with Crippen molar-refractivity contribution in [2.45, 2.75) is 0 Å². The molecular weight excluding hydrogens is 219 g/mol. The van der Waals surface area contributed by atoms with E-state index < -0.39 is 0 Å². The van der Waals surface area contributed by atoms with Crippen LogP contribution < -0.4 is 11.5 Å². The molecule has 1 aromatic carbocycles. The van der Waals surface area contributed by atoms with Gasteiger partial charge in [-0.15, -0.1) is 0 Å². The summed E-state index contributed by atoms with van der Waals surface area (Å²) in [5.41, 5.74) is 12.7. The summed E-state index contributed by atoms with van der Waals surface area (Å²) >= 11 is 0. The SMILES string of the molecule is NC(=Nc1cccc(F)c1)c1ncccc1N. The first kappa shape index (κ1) is 11.1. The highest BCUT2D eigenvalue weighted by molar-refractivity contribution is 6.01. The van der Waals surface area contributed by atoms with E-state index >= 15 is 0 Å². The lowest BCUT2D eigenvalue weighted by Gasteiger charge is -2.03. The van der Waals surface area contributed by atoms with Crippen molar-refractivity contribution >= 4 is 17.2 Å². The van der Waals surface area contributed by atoms with E-state index in [9.17, 15) is 4.39 Å². The number of hydrogen-bond donors (Lipinski definition) is 2. The molecule has 1 heterocycles. The van der Waals surface area contributed by atoms with E-state index in [1.807, 2.05) is 0 Å². The molecule has 4 nitrogen and oxygen atoms in total. The second-order valence-electron chi connectivity index (χ2n) is 3.42. The normalized spacial score (nSPS) is 11.5. The van der Waals surface area contributed by atoms with E-state index in [2.05, 4.69) is 9.98 Å². The molecule has 86 valence electrons. The van der Waals surface area contributed by atoms with Crippen LogP contribution in [-0.2, 0) is 0 Å². The Morgan fingerprint density at radius 3 is 2.76 bits per heavy atom. The standard InChI is InChI=1S/C12H11FN4/c13-8-3-1-4-9(7-8)17-12(15)11-10(14)5-2-6-16-11/h1-7H,14H2,(H2,15,17). The van der Waals surface area contributed by atoms with Crippen molar-refractivity contribution in [1.29, 1.82) is 0 Å². The largest absolute Gasteiger partial charge is 0.397 e. The van der Waals surface area contributed by atoms with Crippen molar-refractivity contribution in [2.24, 2.45) is 10.7 Å². The molecule has 0 amide bonds. The lowest BCUT2D eigenvalue weighted by molar-refractivity contribution is 0.628. The van der Waals surface area contributed by atoms with Gasteiger partial charge in [0, 0.05) is 6.20 Å². The number of hydrogen-bond acceptors (Lipinski definition) is 3. The second kappa shape index (κ2) is 4.61. The van der Waals surface area contributed by atoms with Gasteiger partial charge in [0.15, 0.2) is 5.84 Å². The third-order valence-corrected chi connectivity index (χ3v) is 2.14. The van der Waals surface area contributed by atoms with Gasteiger partial charge in [-0.05, 0) is 30.3 Å². The Labute approximate surface area is 97.8 Å². The molecule has 0 fully saturated rings. The third kappa shape index (κ3) is 2.57. The van der Waals surface area contributed by atoms with Crippen LogP contribution in [0.15, 0.2) is 47.6 Å². The summed E-state index contributed by atoms with van der Waals surface area (Å²) in [6.07, 6.45) is 1.57. The number of anilines is 1. The number of pyridine rings is 1. The molecule has 0 aliphatic rings. The smallest absolute Gasteiger partial charge is 0.152 e. The summed E-state index contributed by atoms with van der Waals surface area (Å²) in [6, 6.07) is 9.21. The summed E-state index contributed by atoms with van der Waals surface area (Å²) in [5.74, 6) is -0.207. The quantitative estimate of drug-likeness (QED) is 0.610. The Hall–Kier alpha value is -2.43. The van der Waals surface area contributed by atoms with E-state index in [-0.39, 0.29) is 11.7 Å². The Bertz CT molecular complexity index is 566. The molecule has 0 aliphatic carbocycles. The zero-order valence-corrected chi connectivity index (χ0v) is 8.97. The maximum absolute atomic E-state index is 12.9. The fraction of sp³-hybridized carbons (Fsp3) is 0. The zero-order chi connectivity index (χ0) is 12.3. The van der Waals surface area contributed by atoms with E-state index in [0.29, 0.717) is 17.1 Å². The van der Waals surface area contributed by atoms with Crippen molar-refractivity contribution in [2.75, 3.05) is 5.73 Å². The van der Waals surface area contributed by atoms with Crippen LogP contribution in [0.4, 0.5) is 15.8 Å². The molecule has 0 radical (unpaired) electrons. The van der Waals surface area contributed by atoms with Gasteiger partial charge in [-0.1, -0.05) is 6.07 Å². The van der Waals surface area contributed by atoms with E-state index in [0.717, 1.165) is 0 Å². The molecular formula is C12H11FN4. The Morgan fingerprint density at radius 1 is 1.24 bits per heavy atom. The van der Waals surface area contributed by atoms with Crippen molar-refractivity contribution in [3.63, 3.8) is 0 Å². The summed E-state index contributed by atoms with van der Waals surface area (Å²) in [6.45, 7) is 0. The maximum atomic E-state index is 12.9. The van der Waals surface area contributed by atoms with Crippen molar-refractivity contribution < 1.29 is 4.39 Å². The summed E-state index contributed by atoms with van der Waals surface area (Å²) in [4.78, 5) is 8.09. The Kier molecular flexibility index (Phi) is 3.00. The molecule has 0 unspecified atom stereocenters. The molecule has 0 spiro atoms. The molecule has 4 N–H and O–H groups in total. The van der Waals surface area contributed by atoms with Crippen LogP contribution in [0.1, 0.15) is 5.69 Å². The molecule has 2 rings (SSSR count). The molecule has 17 heavy (non-hydrogen) atoms. The summed E-state index contributed by atoms with van der Waals surface area (Å²) < 4.78 is 12.9. The van der Waals surface area contributed by atoms with E-state index in [1.54, 1.807) is 30.5 Å². The number of nitrogens with zero attached hydrogens (tertiary/aromatic N) is 2. The van der Waals surface area contributed by atoms with Crippen molar-refractivity contribution in [3.05, 3.63) is 54.1 Å². The molecule has 0 aliphatic heterocycles. The minimum atomic E-state index is -0.368. The van der Waals surface area contributed by atoms with Crippen LogP contribution in [-0.4, -0.2) is 10.8 Å². The molecule has 0 atom stereocenters. The number of rotatable bonds is 2. The number of nitrogen functional groups attached to an aromatic ring is 1. The Balaban J connectivity index is 2.38. The predicted octanol–water partition coefficient (Wildman–Crippen LogP) is 1.84. The summed E-state index contributed by atoms with van der Waals surface area (Å²) in [7, 11) is 0. The fourth-order valence-corrected chi connectivity index (χ4v) is 1.37. The molecule has 0 saturated carbocycles. The molecule has 1 aromatic heterocycles. The van der Waals surface area contributed by atoms with Gasteiger partial charge in [0.25, 0.3) is 0 Å². The fourth-order valence-electron chi connectivity index (χ4n) is 1.37. The van der Waals surface area contributed by atoms with Gasteiger partial charge in [0.1, 0.15) is 11.5 Å². The maximum Gasteiger partial charge on any atom is 0.152 e. The van der Waals surface area contributed by atoms with Gasteiger partial charge >= 0.3 is 0 Å². The van der Waals surface area contributed by atoms with Gasteiger partial charge in [-0.25, -0.2) is 9.38 Å².